The molecular formula is C110H115N11. The van der Waals surface area contributed by atoms with E-state index < -0.39 is 0 Å². The summed E-state index contributed by atoms with van der Waals surface area (Å²) < 4.78 is 1.92. The maximum absolute atomic E-state index is 5.93. The number of fused-ring (bicyclic) bond motifs is 16. The Balaban J connectivity index is 1.01. The summed E-state index contributed by atoms with van der Waals surface area (Å²) in [6.45, 7) is 55.3. The van der Waals surface area contributed by atoms with Crippen molar-refractivity contribution >= 4 is 92.7 Å². The van der Waals surface area contributed by atoms with Crippen molar-refractivity contribution in [3.05, 3.63) is 278 Å². The number of aromatic nitrogens is 11. The first-order valence-electron chi connectivity index (χ1n) is 43.0. The first-order chi connectivity index (χ1) is 56.9. The molecule has 0 aliphatic carbocycles. The molecule has 11 nitrogen and oxygen atoms in total. The van der Waals surface area contributed by atoms with E-state index in [-0.39, 0.29) is 43.3 Å². The van der Waals surface area contributed by atoms with Crippen molar-refractivity contribution in [1.29, 1.82) is 0 Å². The predicted molar refractivity (Wildman–Crippen MR) is 514 cm³/mol. The summed E-state index contributed by atoms with van der Waals surface area (Å²) in [5, 5.41) is 10.8. The fourth-order valence-corrected chi connectivity index (χ4v) is 17.0. The topological polar surface area (TPSA) is 145 Å². The summed E-state index contributed by atoms with van der Waals surface area (Å²) >= 11 is 0. The normalized spacial score (nSPS) is 13.5. The van der Waals surface area contributed by atoms with Gasteiger partial charge in [0.25, 0.3) is 0 Å². The quantitative estimate of drug-likeness (QED) is 0.119. The molecule has 0 amide bonds. The van der Waals surface area contributed by atoms with Crippen LogP contribution >= 0.6 is 0 Å². The van der Waals surface area contributed by atoms with Gasteiger partial charge in [-0.05, 0) is 218 Å². The van der Waals surface area contributed by atoms with Gasteiger partial charge in [-0.25, -0.2) is 24.6 Å². The lowest BCUT2D eigenvalue weighted by Crippen LogP contribution is -2.16. The number of aromatic amines is 4. The molecule has 0 atom stereocenters. The standard InChI is InChI=1S/C110H115N11/c1-103(2,3)70-51-66(52-71(59-70)104(4,5)6)97-82-39-35-78(111-82)95(64-31-27-25-28-32-64)79-36-40-83(112-79)98(67-53-72(105(7,8)9)60-73(54-67)106(10,11)12)87-44-46-91(116-87)101(90-45-43-86(97)115-90)94-63-121(120-119-94)102-92-49-47-88(117-92)99(68-55-74(107(13,14)15)61-75(56-68)108(16,17)18)84-41-37-80(113-84)96(65-33-29-26-30-34-65)81-38-42-85(114-81)100(89-48-50-93(102)118-89)69-57-76(109(19,20)21)62-77(58-69)110(22,23)24/h25-63,111,113,116,118H,1-24H3. The molecule has 0 saturated heterocycles. The molecule has 13 aromatic rings. The molecule has 4 N–H and O–H groups in total. The van der Waals surface area contributed by atoms with Crippen LogP contribution in [0.1, 0.15) is 256 Å². The monoisotopic (exact) mass is 1590 g/mol. The van der Waals surface area contributed by atoms with Gasteiger partial charge in [0.2, 0.25) is 0 Å². The fraction of sp³-hybridized carbons (Fsp3) is 0.291. The van der Waals surface area contributed by atoms with E-state index >= 15 is 0 Å². The highest BCUT2D eigenvalue weighted by Gasteiger charge is 2.32. The van der Waals surface area contributed by atoms with Crippen molar-refractivity contribution in [2.24, 2.45) is 0 Å². The van der Waals surface area contributed by atoms with Gasteiger partial charge in [0.1, 0.15) is 11.4 Å². The molecule has 610 valence electrons. The summed E-state index contributed by atoms with van der Waals surface area (Å²) in [4.78, 5) is 39.8. The van der Waals surface area contributed by atoms with E-state index in [0.29, 0.717) is 22.8 Å². The molecule has 0 spiro atoms. The molecule has 0 unspecified atom stereocenters. The number of benzene rings is 6. The Hall–Kier alpha value is -12.3. The van der Waals surface area contributed by atoms with Crippen molar-refractivity contribution in [3.8, 4) is 83.7 Å². The van der Waals surface area contributed by atoms with Crippen LogP contribution in [0.4, 0.5) is 0 Å². The van der Waals surface area contributed by atoms with Crippen LogP contribution in [0.25, 0.3) is 176 Å². The second kappa shape index (κ2) is 29.2. The summed E-state index contributed by atoms with van der Waals surface area (Å²) in [5.74, 6) is 0. The first kappa shape index (κ1) is 81.0. The highest BCUT2D eigenvalue weighted by Crippen LogP contribution is 2.47. The van der Waals surface area contributed by atoms with Crippen LogP contribution in [0.15, 0.2) is 188 Å². The number of H-pyrrole nitrogens is 4. The highest BCUT2D eigenvalue weighted by atomic mass is 15.4. The van der Waals surface area contributed by atoms with Crippen molar-refractivity contribution in [2.45, 2.75) is 209 Å². The molecule has 4 aliphatic heterocycles. The number of rotatable bonds is 8. The molecule has 121 heavy (non-hydrogen) atoms. The Kier molecular flexibility index (Phi) is 19.6. The third-order valence-electron chi connectivity index (χ3n) is 24.4. The fourth-order valence-electron chi connectivity index (χ4n) is 17.0. The van der Waals surface area contributed by atoms with Crippen LogP contribution in [0.2, 0.25) is 0 Å². The molecule has 6 aromatic carbocycles. The third kappa shape index (κ3) is 15.7. The summed E-state index contributed by atoms with van der Waals surface area (Å²) in [7, 11) is 0. The lowest BCUT2D eigenvalue weighted by molar-refractivity contribution is 0.568. The lowest BCUT2D eigenvalue weighted by Gasteiger charge is -2.26. The van der Waals surface area contributed by atoms with E-state index in [9.17, 15) is 0 Å². The Morgan fingerprint density at radius 1 is 0.215 bits per heavy atom. The average molecular weight is 1590 g/mol. The van der Waals surface area contributed by atoms with Gasteiger partial charge < -0.3 is 19.9 Å². The zero-order chi connectivity index (χ0) is 85.7. The van der Waals surface area contributed by atoms with Crippen molar-refractivity contribution < 1.29 is 0 Å². The molecule has 0 radical (unpaired) electrons. The maximum Gasteiger partial charge on any atom is 0.117 e. The van der Waals surface area contributed by atoms with Gasteiger partial charge in [0.15, 0.2) is 0 Å². The maximum atomic E-state index is 5.93. The van der Waals surface area contributed by atoms with E-state index in [4.69, 9.17) is 30.2 Å². The predicted octanol–water partition coefficient (Wildman–Crippen LogP) is 29.3. The van der Waals surface area contributed by atoms with Crippen LogP contribution in [0.5, 0.6) is 0 Å². The largest absolute Gasteiger partial charge is 0.354 e. The van der Waals surface area contributed by atoms with Gasteiger partial charge in [0.05, 0.1) is 68.3 Å². The highest BCUT2D eigenvalue weighted by molar-refractivity contribution is 6.03. The average Bonchev–Trinajstić information content (AvgIpc) is 1.59. The smallest absolute Gasteiger partial charge is 0.117 e. The van der Waals surface area contributed by atoms with E-state index in [1.54, 1.807) is 0 Å². The van der Waals surface area contributed by atoms with Crippen LogP contribution in [-0.4, -0.2) is 54.9 Å². The number of nitrogens with zero attached hydrogens (tertiary/aromatic N) is 7. The molecule has 11 heterocycles. The van der Waals surface area contributed by atoms with Gasteiger partial charge in [-0.1, -0.05) is 305 Å². The SMILES string of the molecule is CC(C)(C)c1cc(-c2c3nc(c(-c4cn(-c5c6nc(c(-c7cc(C(C)(C)C)cc(C(C)(C)C)c7)c7ccc([nH]7)c(-c7ccccc7)c7nc(c(-c8cc(C(C)(C)C)cc(C(C)(C)C)c8)c8ccc5[nH]8)C=C7)C=C6)nn4)c4ccc([nH]4)c(-c4cc(C(C)(C)C)cc(C(C)(C)C)c4)c4nc(c(-c5ccccc5)c5ccc2[nH]5)C=C4)C=C3)cc(C(C)(C)C)c1. The minimum Gasteiger partial charge on any atom is -0.354 e. The van der Waals surface area contributed by atoms with Crippen molar-refractivity contribution in [2.75, 3.05) is 0 Å². The lowest BCUT2D eigenvalue weighted by atomic mass is 9.78. The Morgan fingerprint density at radius 2 is 0.421 bits per heavy atom. The van der Waals surface area contributed by atoms with Crippen molar-refractivity contribution in [3.63, 3.8) is 0 Å². The van der Waals surface area contributed by atoms with Crippen LogP contribution in [0, 0.1) is 0 Å². The van der Waals surface area contributed by atoms with Gasteiger partial charge in [-0.2, -0.15) is 0 Å². The molecule has 4 aliphatic rings. The summed E-state index contributed by atoms with van der Waals surface area (Å²) in [5.41, 5.74) is 36.1. The second-order valence-corrected chi connectivity index (χ2v) is 42.0. The Labute approximate surface area is 714 Å². The van der Waals surface area contributed by atoms with Crippen molar-refractivity contribution in [1.82, 2.24) is 54.9 Å². The molecule has 0 saturated carbocycles. The first-order valence-corrected chi connectivity index (χ1v) is 43.0. The summed E-state index contributed by atoms with van der Waals surface area (Å²) in [6, 6.07) is 67.6. The zero-order valence-electron chi connectivity index (χ0n) is 75.1. The molecule has 0 fully saturated rings. The van der Waals surface area contributed by atoms with E-state index in [1.807, 2.05) is 4.68 Å². The third-order valence-corrected chi connectivity index (χ3v) is 24.4. The van der Waals surface area contributed by atoms with Crippen LogP contribution in [-0.2, 0) is 43.3 Å². The van der Waals surface area contributed by atoms with Gasteiger partial charge in [0, 0.05) is 66.5 Å². The van der Waals surface area contributed by atoms with E-state index in [1.165, 1.54) is 44.5 Å². The van der Waals surface area contributed by atoms with Crippen LogP contribution in [0.3, 0.4) is 0 Å². The Bertz CT molecular complexity index is 6180. The Morgan fingerprint density at radius 3 is 0.678 bits per heavy atom. The minimum atomic E-state index is -0.179. The molecule has 16 bridgehead atoms. The molecule has 7 aromatic heterocycles. The molecule has 11 heteroatoms. The van der Waals surface area contributed by atoms with E-state index in [2.05, 4.69) is 423 Å². The summed E-state index contributed by atoms with van der Waals surface area (Å²) in [6.07, 6.45) is 19.5. The second-order valence-electron chi connectivity index (χ2n) is 42.0. The van der Waals surface area contributed by atoms with Gasteiger partial charge >= 0.3 is 0 Å². The zero-order valence-corrected chi connectivity index (χ0v) is 75.1. The minimum absolute atomic E-state index is 0.178. The number of hydrogen-bond acceptors (Lipinski definition) is 6. The molecule has 17 rings (SSSR count). The van der Waals surface area contributed by atoms with Gasteiger partial charge in [-0.3, -0.25) is 0 Å². The molecular weight excluding hydrogens is 1480 g/mol. The van der Waals surface area contributed by atoms with E-state index in [0.717, 1.165) is 151 Å². The van der Waals surface area contributed by atoms with Gasteiger partial charge in [-0.15, -0.1) is 5.10 Å². The number of hydrogen-bond donors (Lipinski definition) is 4. The van der Waals surface area contributed by atoms with Crippen LogP contribution < -0.4 is 0 Å². The number of nitrogens with one attached hydrogen (secondary N) is 4.